The summed E-state index contributed by atoms with van der Waals surface area (Å²) in [4.78, 5) is 12.1. The van der Waals surface area contributed by atoms with E-state index in [0.29, 0.717) is 6.61 Å². The molecule has 2 N–H and O–H groups in total. The fraction of sp³-hybridized carbons (Fsp3) is 0.409. The lowest BCUT2D eigenvalue weighted by molar-refractivity contribution is -0.114. The molecule has 5 heteroatoms. The first-order valence-corrected chi connectivity index (χ1v) is 9.64. The minimum Gasteiger partial charge on any atom is -0.494 e. The Kier molecular flexibility index (Phi) is 8.49. The third kappa shape index (κ3) is 7.60. The molecule has 0 heterocycles. The molecule has 27 heavy (non-hydrogen) atoms. The van der Waals surface area contributed by atoms with E-state index in [0.717, 1.165) is 42.1 Å². The Bertz CT molecular complexity index is 684. The highest BCUT2D eigenvalue weighted by atomic mass is 16.5. The first kappa shape index (κ1) is 20.6. The average Bonchev–Trinajstić information content (AvgIpc) is 2.69. The fourth-order valence-corrected chi connectivity index (χ4v) is 2.32. The molecule has 0 saturated carbocycles. The van der Waals surface area contributed by atoms with Crippen molar-refractivity contribution < 1.29 is 14.3 Å². The number of ether oxygens (including phenoxy) is 2. The van der Waals surface area contributed by atoms with E-state index in [9.17, 15) is 4.79 Å². The highest BCUT2D eigenvalue weighted by Crippen LogP contribution is 2.18. The number of benzene rings is 2. The second kappa shape index (κ2) is 11.1. The summed E-state index contributed by atoms with van der Waals surface area (Å²) in [6.45, 7) is 7.17. The molecule has 0 bridgehead atoms. The summed E-state index contributed by atoms with van der Waals surface area (Å²) in [5.41, 5.74) is 1.63. The molecule has 2 rings (SSSR count). The quantitative estimate of drug-likeness (QED) is 0.541. The Morgan fingerprint density at radius 2 is 1.59 bits per heavy atom. The molecule has 1 unspecified atom stereocenters. The molecule has 0 aromatic heterocycles. The molecule has 5 nitrogen and oxygen atoms in total. The van der Waals surface area contributed by atoms with E-state index in [1.807, 2.05) is 55.5 Å². The first-order valence-electron chi connectivity index (χ1n) is 9.64. The van der Waals surface area contributed by atoms with Crippen molar-refractivity contribution in [3.63, 3.8) is 0 Å². The summed E-state index contributed by atoms with van der Waals surface area (Å²) in [5, 5.41) is 5.98. The second-order valence-electron chi connectivity index (χ2n) is 6.49. The summed E-state index contributed by atoms with van der Waals surface area (Å²) in [7, 11) is 0. The van der Waals surface area contributed by atoms with Gasteiger partial charge in [0.25, 0.3) is 0 Å². The number of carbonyl (C=O) groups is 1. The zero-order valence-corrected chi connectivity index (χ0v) is 16.5. The highest BCUT2D eigenvalue weighted by Gasteiger charge is 2.04. The van der Waals surface area contributed by atoms with Gasteiger partial charge in [0.2, 0.25) is 5.91 Å². The average molecular weight is 370 g/mol. The molecule has 0 saturated heterocycles. The molecule has 0 radical (unpaired) electrons. The summed E-state index contributed by atoms with van der Waals surface area (Å²) in [5.74, 6) is 1.55. The molecule has 0 spiro atoms. The van der Waals surface area contributed by atoms with Gasteiger partial charge in [0.15, 0.2) is 0 Å². The summed E-state index contributed by atoms with van der Waals surface area (Å²) in [6.07, 6.45) is 3.30. The Labute approximate surface area is 162 Å². The van der Waals surface area contributed by atoms with Gasteiger partial charge in [0, 0.05) is 11.4 Å². The van der Waals surface area contributed by atoms with Gasteiger partial charge < -0.3 is 20.1 Å². The minimum atomic E-state index is -0.102. The summed E-state index contributed by atoms with van der Waals surface area (Å²) >= 11 is 0. The van der Waals surface area contributed by atoms with Crippen molar-refractivity contribution in [2.45, 2.75) is 46.1 Å². The van der Waals surface area contributed by atoms with Gasteiger partial charge in [0.05, 0.1) is 19.3 Å². The third-order valence-corrected chi connectivity index (χ3v) is 4.12. The van der Waals surface area contributed by atoms with Gasteiger partial charge in [-0.05, 0) is 68.3 Å². The summed E-state index contributed by atoms with van der Waals surface area (Å²) < 4.78 is 11.4. The van der Waals surface area contributed by atoms with Crippen LogP contribution in [0.2, 0.25) is 0 Å². The zero-order valence-electron chi connectivity index (χ0n) is 16.5. The molecule has 0 aliphatic rings. The van der Waals surface area contributed by atoms with Crippen LogP contribution in [0.3, 0.4) is 0 Å². The van der Waals surface area contributed by atoms with Crippen molar-refractivity contribution in [1.82, 2.24) is 0 Å². The molecule has 0 aliphatic carbocycles. The van der Waals surface area contributed by atoms with Crippen molar-refractivity contribution in [3.8, 4) is 11.5 Å². The third-order valence-electron chi connectivity index (χ3n) is 4.12. The van der Waals surface area contributed by atoms with Crippen LogP contribution in [0, 0.1) is 0 Å². The zero-order chi connectivity index (χ0) is 19.5. The number of carbonyl (C=O) groups excluding carboxylic acids is 1. The lowest BCUT2D eigenvalue weighted by Gasteiger charge is -2.13. The Morgan fingerprint density at radius 1 is 0.963 bits per heavy atom. The SMILES string of the molecule is CCCCOc1ccc(NC(=O)CNc2ccc(OC(C)CC)cc2)cc1. The Hall–Kier alpha value is -2.69. The monoisotopic (exact) mass is 370 g/mol. The number of amides is 1. The lowest BCUT2D eigenvalue weighted by Crippen LogP contribution is -2.21. The van der Waals surface area contributed by atoms with E-state index in [-0.39, 0.29) is 18.6 Å². The number of rotatable bonds is 11. The molecule has 1 atom stereocenters. The smallest absolute Gasteiger partial charge is 0.243 e. The largest absolute Gasteiger partial charge is 0.494 e. The molecule has 1 amide bonds. The fourth-order valence-electron chi connectivity index (χ4n) is 2.32. The van der Waals surface area contributed by atoms with Crippen molar-refractivity contribution >= 4 is 17.3 Å². The number of nitrogens with one attached hydrogen (secondary N) is 2. The number of hydrogen-bond donors (Lipinski definition) is 2. The maximum absolute atomic E-state index is 12.1. The van der Waals surface area contributed by atoms with Crippen molar-refractivity contribution in [1.29, 1.82) is 0 Å². The predicted molar refractivity (Wildman–Crippen MR) is 111 cm³/mol. The van der Waals surface area contributed by atoms with Gasteiger partial charge in [-0.3, -0.25) is 4.79 Å². The van der Waals surface area contributed by atoms with Crippen molar-refractivity contribution in [2.24, 2.45) is 0 Å². The van der Waals surface area contributed by atoms with Crippen LogP contribution in [0.5, 0.6) is 11.5 Å². The number of hydrogen-bond acceptors (Lipinski definition) is 4. The van der Waals surface area contributed by atoms with Crippen LogP contribution in [0.1, 0.15) is 40.0 Å². The molecular weight excluding hydrogens is 340 g/mol. The van der Waals surface area contributed by atoms with Crippen LogP contribution >= 0.6 is 0 Å². The number of anilines is 2. The van der Waals surface area contributed by atoms with Gasteiger partial charge in [0.1, 0.15) is 11.5 Å². The highest BCUT2D eigenvalue weighted by molar-refractivity contribution is 5.93. The maximum atomic E-state index is 12.1. The van der Waals surface area contributed by atoms with Crippen LogP contribution < -0.4 is 20.1 Å². The van der Waals surface area contributed by atoms with Gasteiger partial charge in [-0.25, -0.2) is 0 Å². The van der Waals surface area contributed by atoms with Gasteiger partial charge in [-0.2, -0.15) is 0 Å². The van der Waals surface area contributed by atoms with Gasteiger partial charge in [-0.1, -0.05) is 20.3 Å². The molecule has 2 aromatic rings. The topological polar surface area (TPSA) is 59.6 Å². The lowest BCUT2D eigenvalue weighted by atomic mass is 10.2. The second-order valence-corrected chi connectivity index (χ2v) is 6.49. The minimum absolute atomic E-state index is 0.102. The van der Waals surface area contributed by atoms with Crippen LogP contribution in [0.25, 0.3) is 0 Å². The van der Waals surface area contributed by atoms with E-state index in [1.165, 1.54) is 0 Å². The van der Waals surface area contributed by atoms with Crippen LogP contribution in [0.15, 0.2) is 48.5 Å². The predicted octanol–water partition coefficient (Wildman–Crippen LogP) is 5.09. The van der Waals surface area contributed by atoms with Crippen LogP contribution in [0.4, 0.5) is 11.4 Å². The number of unbranched alkanes of at least 4 members (excludes halogenated alkanes) is 1. The van der Waals surface area contributed by atoms with Crippen molar-refractivity contribution in [3.05, 3.63) is 48.5 Å². The van der Waals surface area contributed by atoms with E-state index in [2.05, 4.69) is 24.5 Å². The maximum Gasteiger partial charge on any atom is 0.243 e. The Morgan fingerprint density at radius 3 is 2.22 bits per heavy atom. The van der Waals surface area contributed by atoms with Crippen LogP contribution in [-0.2, 0) is 4.79 Å². The van der Waals surface area contributed by atoms with Gasteiger partial charge in [-0.15, -0.1) is 0 Å². The molecule has 0 aliphatic heterocycles. The van der Waals surface area contributed by atoms with Crippen molar-refractivity contribution in [2.75, 3.05) is 23.8 Å². The van der Waals surface area contributed by atoms with Gasteiger partial charge >= 0.3 is 0 Å². The normalized spacial score (nSPS) is 11.5. The standard InChI is InChI=1S/C22H30N2O3/c1-4-6-15-26-20-11-9-19(10-12-20)24-22(25)16-23-18-7-13-21(14-8-18)27-17(3)5-2/h7-14,17,23H,4-6,15-16H2,1-3H3,(H,24,25). The van der Waals surface area contributed by atoms with E-state index < -0.39 is 0 Å². The molecule has 146 valence electrons. The van der Waals surface area contributed by atoms with E-state index >= 15 is 0 Å². The Balaban J connectivity index is 1.75. The molecule has 0 fully saturated rings. The molecular formula is C22H30N2O3. The van der Waals surface area contributed by atoms with E-state index in [4.69, 9.17) is 9.47 Å². The van der Waals surface area contributed by atoms with E-state index in [1.54, 1.807) is 0 Å². The first-order chi connectivity index (χ1) is 13.1. The molecule has 2 aromatic carbocycles. The summed E-state index contributed by atoms with van der Waals surface area (Å²) in [6, 6.07) is 15.1. The van der Waals surface area contributed by atoms with Crippen LogP contribution in [-0.4, -0.2) is 25.2 Å².